The van der Waals surface area contributed by atoms with Gasteiger partial charge in [-0.3, -0.25) is 0 Å². The Bertz CT molecular complexity index is 776. The molecule has 4 rings (SSSR count). The first-order valence-electron chi connectivity index (χ1n) is 8.86. The molecule has 140 valence electrons. The number of aliphatic hydroxyl groups excluding tert-OH is 2. The standard InChI is InChI=1S/C20H24O6/c1-20(2)25-18-17(16(15(22)10-21)24-19(18)26-20)23-11-12-7-8-13-5-3-4-6-14(13)9-12/h3-9,15-19,21-22H,10-11H2,1-2H3/t15?,16-,17-,18-,19-/m1/s1. The Morgan fingerprint density at radius 1 is 1.12 bits per heavy atom. The molecule has 0 spiro atoms. The van der Waals surface area contributed by atoms with Crippen molar-refractivity contribution < 1.29 is 29.2 Å². The van der Waals surface area contributed by atoms with Crippen LogP contribution in [0.15, 0.2) is 42.5 Å². The van der Waals surface area contributed by atoms with Crippen molar-refractivity contribution in [2.45, 2.75) is 56.9 Å². The van der Waals surface area contributed by atoms with Crippen molar-refractivity contribution in [1.82, 2.24) is 0 Å². The van der Waals surface area contributed by atoms with Gasteiger partial charge in [0.25, 0.3) is 0 Å². The topological polar surface area (TPSA) is 77.4 Å². The maximum Gasteiger partial charge on any atom is 0.190 e. The normalized spacial score (nSPS) is 31.2. The van der Waals surface area contributed by atoms with Gasteiger partial charge in [0, 0.05) is 0 Å². The predicted octanol–water partition coefficient (Wildman–Crippen LogP) is 1.95. The number of rotatable bonds is 5. The van der Waals surface area contributed by atoms with Crippen molar-refractivity contribution in [3.05, 3.63) is 48.0 Å². The molecule has 26 heavy (non-hydrogen) atoms. The summed E-state index contributed by atoms with van der Waals surface area (Å²) < 4.78 is 23.5. The van der Waals surface area contributed by atoms with Gasteiger partial charge in [0.15, 0.2) is 12.1 Å². The quantitative estimate of drug-likeness (QED) is 0.849. The summed E-state index contributed by atoms with van der Waals surface area (Å²) in [5.74, 6) is -0.769. The van der Waals surface area contributed by atoms with Crippen LogP contribution in [0.2, 0.25) is 0 Å². The van der Waals surface area contributed by atoms with Gasteiger partial charge >= 0.3 is 0 Å². The summed E-state index contributed by atoms with van der Waals surface area (Å²) in [7, 11) is 0. The summed E-state index contributed by atoms with van der Waals surface area (Å²) >= 11 is 0. The van der Waals surface area contributed by atoms with Gasteiger partial charge < -0.3 is 29.2 Å². The lowest BCUT2D eigenvalue weighted by atomic mass is 10.1. The highest BCUT2D eigenvalue weighted by Gasteiger charge is 2.56. The number of ether oxygens (including phenoxy) is 4. The van der Waals surface area contributed by atoms with E-state index in [1.165, 1.54) is 5.39 Å². The lowest BCUT2D eigenvalue weighted by Crippen LogP contribution is -2.44. The van der Waals surface area contributed by atoms with E-state index >= 15 is 0 Å². The summed E-state index contributed by atoms with van der Waals surface area (Å²) in [6, 6.07) is 14.3. The number of hydrogen-bond donors (Lipinski definition) is 2. The van der Waals surface area contributed by atoms with Gasteiger partial charge in [0.05, 0.1) is 13.2 Å². The van der Waals surface area contributed by atoms with Gasteiger partial charge in [-0.2, -0.15) is 0 Å². The van der Waals surface area contributed by atoms with Crippen molar-refractivity contribution in [1.29, 1.82) is 0 Å². The SMILES string of the molecule is CC1(C)O[C@H]2O[C@H](C(O)CO)[C@@H](OCc3ccc4ccccc4c3)[C@H]2O1. The molecule has 2 heterocycles. The minimum Gasteiger partial charge on any atom is -0.394 e. The highest BCUT2D eigenvalue weighted by Crippen LogP contribution is 2.40. The highest BCUT2D eigenvalue weighted by molar-refractivity contribution is 5.82. The number of hydrogen-bond acceptors (Lipinski definition) is 6. The summed E-state index contributed by atoms with van der Waals surface area (Å²) in [6.07, 6.45) is -3.35. The molecule has 1 unspecified atom stereocenters. The maximum absolute atomic E-state index is 10.1. The van der Waals surface area contributed by atoms with Crippen molar-refractivity contribution >= 4 is 10.8 Å². The van der Waals surface area contributed by atoms with Crippen LogP contribution < -0.4 is 0 Å². The van der Waals surface area contributed by atoms with E-state index in [2.05, 4.69) is 24.3 Å². The summed E-state index contributed by atoms with van der Waals surface area (Å²) in [6.45, 7) is 3.56. The first-order valence-corrected chi connectivity index (χ1v) is 8.86. The average Bonchev–Trinajstić information content (AvgIpc) is 3.11. The number of fused-ring (bicyclic) bond motifs is 2. The molecule has 2 aromatic rings. The Kier molecular flexibility index (Phi) is 4.73. The molecule has 2 fully saturated rings. The van der Waals surface area contributed by atoms with Gasteiger partial charge in [-0.25, -0.2) is 0 Å². The zero-order chi connectivity index (χ0) is 18.3. The lowest BCUT2D eigenvalue weighted by Gasteiger charge is -2.28. The Hall–Kier alpha value is -1.54. The Morgan fingerprint density at radius 2 is 1.88 bits per heavy atom. The molecule has 5 atom stereocenters. The summed E-state index contributed by atoms with van der Waals surface area (Å²) in [4.78, 5) is 0. The Labute approximate surface area is 152 Å². The molecule has 0 amide bonds. The second-order valence-electron chi connectivity index (χ2n) is 7.28. The van der Waals surface area contributed by atoms with Crippen molar-refractivity contribution in [2.75, 3.05) is 6.61 Å². The van der Waals surface area contributed by atoms with E-state index < -0.39 is 43.1 Å². The van der Waals surface area contributed by atoms with Gasteiger partial charge in [-0.05, 0) is 36.2 Å². The molecular formula is C20H24O6. The molecule has 6 heteroatoms. The van der Waals surface area contributed by atoms with Crippen LogP contribution in [0.1, 0.15) is 19.4 Å². The molecule has 2 saturated heterocycles. The van der Waals surface area contributed by atoms with Crippen molar-refractivity contribution in [3.63, 3.8) is 0 Å². The Balaban J connectivity index is 1.51. The molecule has 6 nitrogen and oxygen atoms in total. The molecule has 2 N–H and O–H groups in total. The molecule has 2 aliphatic rings. The van der Waals surface area contributed by atoms with E-state index in [0.717, 1.165) is 10.9 Å². The zero-order valence-corrected chi connectivity index (χ0v) is 14.9. The summed E-state index contributed by atoms with van der Waals surface area (Å²) in [5, 5.41) is 21.7. The van der Waals surface area contributed by atoms with E-state index in [9.17, 15) is 10.2 Å². The molecule has 2 aliphatic heterocycles. The van der Waals surface area contributed by atoms with E-state index in [1.54, 1.807) is 0 Å². The monoisotopic (exact) mass is 360 g/mol. The van der Waals surface area contributed by atoms with Gasteiger partial charge in [-0.1, -0.05) is 36.4 Å². The van der Waals surface area contributed by atoms with Crippen LogP contribution in [0, 0.1) is 0 Å². The smallest absolute Gasteiger partial charge is 0.190 e. The van der Waals surface area contributed by atoms with Crippen LogP contribution in [-0.2, 0) is 25.6 Å². The third-order valence-corrected chi connectivity index (χ3v) is 4.85. The van der Waals surface area contributed by atoms with Crippen LogP contribution in [0.5, 0.6) is 0 Å². The minimum atomic E-state index is -1.06. The summed E-state index contributed by atoms with van der Waals surface area (Å²) in [5.41, 5.74) is 1.02. The fraction of sp³-hybridized carbons (Fsp3) is 0.500. The zero-order valence-electron chi connectivity index (χ0n) is 14.9. The third kappa shape index (κ3) is 3.36. The largest absolute Gasteiger partial charge is 0.394 e. The minimum absolute atomic E-state index is 0.348. The van der Waals surface area contributed by atoms with E-state index in [1.807, 2.05) is 32.0 Å². The van der Waals surface area contributed by atoms with Crippen molar-refractivity contribution in [3.8, 4) is 0 Å². The molecule has 0 aromatic heterocycles. The second-order valence-corrected chi connectivity index (χ2v) is 7.28. The van der Waals surface area contributed by atoms with Crippen LogP contribution >= 0.6 is 0 Å². The lowest BCUT2D eigenvalue weighted by molar-refractivity contribution is -0.232. The molecule has 0 radical (unpaired) electrons. The van der Waals surface area contributed by atoms with Gasteiger partial charge in [0.2, 0.25) is 0 Å². The van der Waals surface area contributed by atoms with Crippen molar-refractivity contribution in [2.24, 2.45) is 0 Å². The molecular weight excluding hydrogens is 336 g/mol. The fourth-order valence-corrected chi connectivity index (χ4v) is 3.63. The predicted molar refractivity (Wildman–Crippen MR) is 94.3 cm³/mol. The van der Waals surface area contributed by atoms with Crippen LogP contribution in [0.3, 0.4) is 0 Å². The first-order chi connectivity index (χ1) is 12.5. The molecule has 2 aromatic carbocycles. The molecule has 0 aliphatic carbocycles. The van der Waals surface area contributed by atoms with Crippen LogP contribution in [0.25, 0.3) is 10.8 Å². The number of aliphatic hydroxyl groups is 2. The maximum atomic E-state index is 10.1. The highest BCUT2D eigenvalue weighted by atomic mass is 16.8. The van der Waals surface area contributed by atoms with Crippen LogP contribution in [-0.4, -0.2) is 53.3 Å². The van der Waals surface area contributed by atoms with Crippen LogP contribution in [0.4, 0.5) is 0 Å². The van der Waals surface area contributed by atoms with E-state index in [0.29, 0.717) is 6.61 Å². The third-order valence-electron chi connectivity index (χ3n) is 4.85. The molecule has 0 bridgehead atoms. The first kappa shape index (κ1) is 17.9. The Morgan fingerprint density at radius 3 is 2.65 bits per heavy atom. The molecule has 0 saturated carbocycles. The van der Waals surface area contributed by atoms with E-state index in [-0.39, 0.29) is 0 Å². The number of benzene rings is 2. The fourth-order valence-electron chi connectivity index (χ4n) is 3.63. The van der Waals surface area contributed by atoms with Gasteiger partial charge in [-0.15, -0.1) is 0 Å². The van der Waals surface area contributed by atoms with E-state index in [4.69, 9.17) is 18.9 Å². The van der Waals surface area contributed by atoms with Gasteiger partial charge in [0.1, 0.15) is 24.4 Å². The second kappa shape index (κ2) is 6.88. The average molecular weight is 360 g/mol.